The Hall–Kier alpha value is -1.30. The second-order valence-electron chi connectivity index (χ2n) is 5.21. The Morgan fingerprint density at radius 1 is 1.33 bits per heavy atom. The number of hydrogen-bond acceptors (Lipinski definition) is 2. The van der Waals surface area contributed by atoms with E-state index in [0.29, 0.717) is 12.1 Å². The minimum atomic E-state index is -4.45. The number of carbonyl (C=O) groups is 1. The van der Waals surface area contributed by atoms with Crippen LogP contribution in [0, 0.1) is 5.92 Å². The molecule has 1 heterocycles. The highest BCUT2D eigenvalue weighted by Gasteiger charge is 2.31. The molecule has 7 heteroatoms. The molecular weight excluding hydrogens is 305 g/mol. The molecule has 1 aliphatic rings. The molecule has 1 aliphatic carbocycles. The molecule has 3 nitrogen and oxygen atoms in total. The standard InChI is InChI=1S/C14H16ClF3N2O/c15-7-9-3-1-2-4-11(9)20-13(21)12-6-5-10(8-19-12)14(16,17)18/h5-6,8-9,11H,1-4,7H2,(H,20,21). The summed E-state index contributed by atoms with van der Waals surface area (Å²) < 4.78 is 37.3. The highest BCUT2D eigenvalue weighted by molar-refractivity contribution is 6.18. The van der Waals surface area contributed by atoms with E-state index >= 15 is 0 Å². The maximum Gasteiger partial charge on any atom is 0.417 e. The number of nitrogens with one attached hydrogen (secondary N) is 1. The molecule has 1 aromatic heterocycles. The molecule has 2 unspecified atom stereocenters. The minimum Gasteiger partial charge on any atom is -0.348 e. The first-order valence-corrected chi connectivity index (χ1v) is 7.35. The molecule has 0 saturated heterocycles. The first-order chi connectivity index (χ1) is 9.91. The van der Waals surface area contributed by atoms with Crippen LogP contribution in [-0.4, -0.2) is 22.8 Å². The zero-order chi connectivity index (χ0) is 15.5. The van der Waals surface area contributed by atoms with Gasteiger partial charge in [0.1, 0.15) is 5.69 Å². The van der Waals surface area contributed by atoms with Gasteiger partial charge in [-0.15, -0.1) is 11.6 Å². The summed E-state index contributed by atoms with van der Waals surface area (Å²) in [6.07, 6.45) is 0.115. The van der Waals surface area contributed by atoms with Crippen LogP contribution in [0.3, 0.4) is 0 Å². The second-order valence-corrected chi connectivity index (χ2v) is 5.52. The van der Waals surface area contributed by atoms with Crippen LogP contribution in [0.1, 0.15) is 41.7 Å². The van der Waals surface area contributed by atoms with Crippen LogP contribution in [0.5, 0.6) is 0 Å². The average molecular weight is 321 g/mol. The van der Waals surface area contributed by atoms with Gasteiger partial charge in [0.25, 0.3) is 5.91 Å². The lowest BCUT2D eigenvalue weighted by Crippen LogP contribution is -2.43. The summed E-state index contributed by atoms with van der Waals surface area (Å²) >= 11 is 5.88. The monoisotopic (exact) mass is 320 g/mol. The van der Waals surface area contributed by atoms with E-state index in [4.69, 9.17) is 11.6 Å². The van der Waals surface area contributed by atoms with E-state index in [2.05, 4.69) is 10.3 Å². The van der Waals surface area contributed by atoms with Crippen molar-refractivity contribution in [1.29, 1.82) is 0 Å². The number of aromatic nitrogens is 1. The van der Waals surface area contributed by atoms with Crippen molar-refractivity contribution in [2.45, 2.75) is 37.9 Å². The van der Waals surface area contributed by atoms with Crippen molar-refractivity contribution < 1.29 is 18.0 Å². The van der Waals surface area contributed by atoms with Crippen molar-refractivity contribution in [3.63, 3.8) is 0 Å². The number of hydrogen-bond donors (Lipinski definition) is 1. The van der Waals surface area contributed by atoms with Gasteiger partial charge < -0.3 is 5.32 Å². The Labute approximate surface area is 125 Å². The molecule has 2 rings (SSSR count). The van der Waals surface area contributed by atoms with Crippen LogP contribution < -0.4 is 5.32 Å². The molecule has 0 aromatic carbocycles. The maximum absolute atomic E-state index is 12.4. The van der Waals surface area contributed by atoms with E-state index in [1.807, 2.05) is 0 Å². The van der Waals surface area contributed by atoms with Gasteiger partial charge in [0.05, 0.1) is 5.56 Å². The molecule has 116 valence electrons. The Kier molecular flexibility index (Phi) is 5.08. The van der Waals surface area contributed by atoms with Gasteiger partial charge >= 0.3 is 6.18 Å². The fourth-order valence-corrected chi connectivity index (χ4v) is 2.89. The van der Waals surface area contributed by atoms with Crippen LogP contribution in [0.25, 0.3) is 0 Å². The van der Waals surface area contributed by atoms with E-state index in [-0.39, 0.29) is 17.7 Å². The zero-order valence-corrected chi connectivity index (χ0v) is 12.0. The number of halogens is 4. The van der Waals surface area contributed by atoms with Gasteiger partial charge in [-0.3, -0.25) is 9.78 Å². The van der Waals surface area contributed by atoms with Crippen LogP contribution in [0.2, 0.25) is 0 Å². The first kappa shape index (κ1) is 16.1. The fraction of sp³-hybridized carbons (Fsp3) is 0.571. The molecule has 1 amide bonds. The summed E-state index contributed by atoms with van der Waals surface area (Å²) in [7, 11) is 0. The molecule has 0 spiro atoms. The zero-order valence-electron chi connectivity index (χ0n) is 11.3. The SMILES string of the molecule is O=C(NC1CCCCC1CCl)c1ccc(C(F)(F)F)cn1. The van der Waals surface area contributed by atoms with Crippen LogP contribution in [0.4, 0.5) is 13.2 Å². The summed E-state index contributed by atoms with van der Waals surface area (Å²) in [6.45, 7) is 0. The molecule has 0 bridgehead atoms. The van der Waals surface area contributed by atoms with Crippen molar-refractivity contribution in [3.8, 4) is 0 Å². The van der Waals surface area contributed by atoms with Crippen molar-refractivity contribution in [3.05, 3.63) is 29.6 Å². The summed E-state index contributed by atoms with van der Waals surface area (Å²) in [5.41, 5.74) is -0.878. The summed E-state index contributed by atoms with van der Waals surface area (Å²) in [6, 6.07) is 1.92. The predicted octanol–water partition coefficient (Wildman–Crippen LogP) is 3.63. The van der Waals surface area contributed by atoms with Crippen molar-refractivity contribution in [1.82, 2.24) is 10.3 Å². The molecule has 1 aromatic rings. The van der Waals surface area contributed by atoms with E-state index in [0.717, 1.165) is 37.8 Å². The van der Waals surface area contributed by atoms with Crippen molar-refractivity contribution in [2.75, 3.05) is 5.88 Å². The third-order valence-corrected chi connectivity index (χ3v) is 4.14. The molecule has 1 fully saturated rings. The van der Waals surface area contributed by atoms with Crippen molar-refractivity contribution in [2.24, 2.45) is 5.92 Å². The largest absolute Gasteiger partial charge is 0.417 e. The molecule has 21 heavy (non-hydrogen) atoms. The summed E-state index contributed by atoms with van der Waals surface area (Å²) in [5, 5.41) is 2.83. The number of pyridine rings is 1. The smallest absolute Gasteiger partial charge is 0.348 e. The number of carbonyl (C=O) groups excluding carboxylic acids is 1. The normalized spacial score (nSPS) is 22.9. The Morgan fingerprint density at radius 2 is 2.05 bits per heavy atom. The third kappa shape index (κ3) is 4.09. The average Bonchev–Trinajstić information content (AvgIpc) is 2.47. The Bertz CT molecular complexity index is 490. The van der Waals surface area contributed by atoms with E-state index in [1.54, 1.807) is 0 Å². The second kappa shape index (κ2) is 6.64. The van der Waals surface area contributed by atoms with Crippen molar-refractivity contribution >= 4 is 17.5 Å². The minimum absolute atomic E-state index is 0.0121. The molecule has 0 radical (unpaired) electrons. The number of amides is 1. The lowest BCUT2D eigenvalue weighted by atomic mass is 9.85. The molecule has 0 aliphatic heterocycles. The first-order valence-electron chi connectivity index (χ1n) is 6.82. The summed E-state index contributed by atoms with van der Waals surface area (Å²) in [5.74, 6) is 0.218. The van der Waals surface area contributed by atoms with Gasteiger partial charge in [-0.2, -0.15) is 13.2 Å². The predicted molar refractivity (Wildman–Crippen MR) is 73.2 cm³/mol. The lowest BCUT2D eigenvalue weighted by molar-refractivity contribution is -0.137. The highest BCUT2D eigenvalue weighted by Crippen LogP contribution is 2.28. The van der Waals surface area contributed by atoms with Gasteiger partial charge in [0.15, 0.2) is 0 Å². The van der Waals surface area contributed by atoms with Gasteiger partial charge in [-0.25, -0.2) is 0 Å². The quantitative estimate of drug-likeness (QED) is 0.864. The van der Waals surface area contributed by atoms with E-state index < -0.39 is 17.6 Å². The van der Waals surface area contributed by atoms with E-state index in [9.17, 15) is 18.0 Å². The number of nitrogens with zero attached hydrogens (tertiary/aromatic N) is 1. The number of rotatable bonds is 3. The summed E-state index contributed by atoms with van der Waals surface area (Å²) in [4.78, 5) is 15.6. The maximum atomic E-state index is 12.4. The topological polar surface area (TPSA) is 42.0 Å². The molecule has 1 N–H and O–H groups in total. The molecular formula is C14H16ClF3N2O. The fourth-order valence-electron chi connectivity index (χ4n) is 2.52. The Balaban J connectivity index is 2.03. The van der Waals surface area contributed by atoms with Gasteiger partial charge in [0.2, 0.25) is 0 Å². The van der Waals surface area contributed by atoms with E-state index in [1.165, 1.54) is 0 Å². The molecule has 1 saturated carbocycles. The van der Waals surface area contributed by atoms with Crippen LogP contribution in [-0.2, 0) is 6.18 Å². The van der Waals surface area contributed by atoms with Gasteiger partial charge in [0, 0.05) is 18.1 Å². The lowest BCUT2D eigenvalue weighted by Gasteiger charge is -2.30. The van der Waals surface area contributed by atoms with Gasteiger partial charge in [-0.05, 0) is 30.9 Å². The molecule has 2 atom stereocenters. The van der Waals surface area contributed by atoms with Crippen LogP contribution in [0.15, 0.2) is 18.3 Å². The third-order valence-electron chi connectivity index (χ3n) is 3.75. The van der Waals surface area contributed by atoms with Gasteiger partial charge in [-0.1, -0.05) is 12.8 Å². The highest BCUT2D eigenvalue weighted by atomic mass is 35.5. The Morgan fingerprint density at radius 3 is 2.62 bits per heavy atom. The number of alkyl halides is 4. The van der Waals surface area contributed by atoms with Crippen LogP contribution >= 0.6 is 11.6 Å².